The van der Waals surface area contributed by atoms with Crippen molar-refractivity contribution in [2.24, 2.45) is 0 Å². The fraction of sp³-hybridized carbons (Fsp3) is 0.579. The lowest BCUT2D eigenvalue weighted by Crippen LogP contribution is -2.34. The molecule has 2 fully saturated rings. The van der Waals surface area contributed by atoms with Crippen LogP contribution in [0.4, 0.5) is 5.69 Å². The minimum absolute atomic E-state index is 0.0739. The van der Waals surface area contributed by atoms with Crippen LogP contribution in [0.25, 0.3) is 0 Å². The Kier molecular flexibility index (Phi) is 4.97. The number of ketones is 1. The number of rotatable bonds is 3. The second kappa shape index (κ2) is 7.14. The Morgan fingerprint density at radius 2 is 1.91 bits per heavy atom. The zero-order valence-corrected chi connectivity index (χ0v) is 13.9. The molecule has 4 nitrogen and oxygen atoms in total. The molecule has 0 radical (unpaired) electrons. The summed E-state index contributed by atoms with van der Waals surface area (Å²) in [5.41, 5.74) is 2.31. The Morgan fingerprint density at radius 1 is 1.13 bits per heavy atom. The van der Waals surface area contributed by atoms with E-state index in [9.17, 15) is 10.1 Å². The van der Waals surface area contributed by atoms with Gasteiger partial charge in [0.1, 0.15) is 0 Å². The Morgan fingerprint density at radius 3 is 2.61 bits per heavy atom. The molecule has 1 aromatic carbocycles. The fourth-order valence-electron chi connectivity index (χ4n) is 3.95. The Balaban J connectivity index is 1.79. The molecule has 1 aromatic rings. The monoisotopic (exact) mass is 311 g/mol. The molecular weight excluding hydrogens is 286 g/mol. The minimum atomic E-state index is 0.0739. The van der Waals surface area contributed by atoms with Crippen LogP contribution >= 0.6 is 0 Å². The molecule has 4 heteroatoms. The number of hydrogen-bond acceptors (Lipinski definition) is 4. The van der Waals surface area contributed by atoms with Crippen LogP contribution in [-0.2, 0) is 0 Å². The molecule has 0 aliphatic carbocycles. The molecule has 0 N–H and O–H groups in total. The maximum absolute atomic E-state index is 12.0. The van der Waals surface area contributed by atoms with E-state index in [0.717, 1.165) is 37.2 Å². The number of likely N-dealkylation sites (tertiary alicyclic amines) is 1. The Bertz CT molecular complexity index is 614. The van der Waals surface area contributed by atoms with Crippen LogP contribution in [0.15, 0.2) is 18.2 Å². The van der Waals surface area contributed by atoms with Crippen LogP contribution in [0.3, 0.4) is 0 Å². The summed E-state index contributed by atoms with van der Waals surface area (Å²) in [5.74, 6) is 0.0739. The van der Waals surface area contributed by atoms with E-state index in [4.69, 9.17) is 0 Å². The van der Waals surface area contributed by atoms with Gasteiger partial charge in [-0.1, -0.05) is 0 Å². The third-order valence-electron chi connectivity index (χ3n) is 5.20. The highest BCUT2D eigenvalue weighted by atomic mass is 16.1. The highest BCUT2D eigenvalue weighted by molar-refractivity contribution is 6.00. The SMILES string of the molecule is CC(=O)c1ccc(C#N)cc1N1CCCC(N2CCCC2)CC1. The van der Waals surface area contributed by atoms with Gasteiger partial charge in [-0.3, -0.25) is 4.79 Å². The van der Waals surface area contributed by atoms with Crippen LogP contribution in [0, 0.1) is 11.3 Å². The predicted octanol–water partition coefficient (Wildman–Crippen LogP) is 3.22. The first-order chi connectivity index (χ1) is 11.2. The van der Waals surface area contributed by atoms with Crippen molar-refractivity contribution in [3.05, 3.63) is 29.3 Å². The highest BCUT2D eigenvalue weighted by Crippen LogP contribution is 2.28. The van der Waals surface area contributed by atoms with Crippen molar-refractivity contribution in [2.75, 3.05) is 31.1 Å². The van der Waals surface area contributed by atoms with Crippen molar-refractivity contribution in [1.82, 2.24) is 4.90 Å². The summed E-state index contributed by atoms with van der Waals surface area (Å²) in [6.07, 6.45) is 6.20. The lowest BCUT2D eigenvalue weighted by Gasteiger charge is -2.27. The minimum Gasteiger partial charge on any atom is -0.371 e. The molecule has 0 bridgehead atoms. The molecule has 2 heterocycles. The molecule has 122 valence electrons. The van der Waals surface area contributed by atoms with Gasteiger partial charge in [-0.25, -0.2) is 0 Å². The average Bonchev–Trinajstić information content (AvgIpc) is 2.99. The normalized spacial score (nSPS) is 22.6. The Labute approximate surface area is 138 Å². The van der Waals surface area contributed by atoms with Crippen molar-refractivity contribution >= 4 is 11.5 Å². The van der Waals surface area contributed by atoms with E-state index in [0.29, 0.717) is 11.6 Å². The molecule has 0 saturated carbocycles. The number of nitriles is 1. The van der Waals surface area contributed by atoms with E-state index in [1.54, 1.807) is 19.1 Å². The molecule has 0 amide bonds. The molecule has 2 aliphatic rings. The number of Topliss-reactive ketones (excluding diaryl/α,β-unsaturated/α-hetero) is 1. The van der Waals surface area contributed by atoms with Gasteiger partial charge >= 0.3 is 0 Å². The summed E-state index contributed by atoms with van der Waals surface area (Å²) in [6, 6.07) is 8.31. The summed E-state index contributed by atoms with van der Waals surface area (Å²) in [5, 5.41) is 9.17. The van der Waals surface area contributed by atoms with Crippen LogP contribution in [-0.4, -0.2) is 42.9 Å². The average molecular weight is 311 g/mol. The van der Waals surface area contributed by atoms with Crippen molar-refractivity contribution in [2.45, 2.75) is 45.1 Å². The number of nitrogens with zero attached hydrogens (tertiary/aromatic N) is 3. The van der Waals surface area contributed by atoms with Gasteiger partial charge < -0.3 is 9.80 Å². The molecular formula is C19H25N3O. The van der Waals surface area contributed by atoms with Crippen LogP contribution in [0.5, 0.6) is 0 Å². The summed E-state index contributed by atoms with van der Waals surface area (Å²) in [7, 11) is 0. The smallest absolute Gasteiger partial charge is 0.161 e. The zero-order chi connectivity index (χ0) is 16.2. The van der Waals surface area contributed by atoms with Gasteiger partial charge in [0.2, 0.25) is 0 Å². The van der Waals surface area contributed by atoms with Gasteiger partial charge in [-0.05, 0) is 70.3 Å². The van der Waals surface area contributed by atoms with Gasteiger partial charge in [0.05, 0.1) is 11.6 Å². The molecule has 2 saturated heterocycles. The molecule has 0 aromatic heterocycles. The van der Waals surface area contributed by atoms with Gasteiger partial charge in [0.15, 0.2) is 5.78 Å². The predicted molar refractivity (Wildman–Crippen MR) is 91.8 cm³/mol. The van der Waals surface area contributed by atoms with E-state index < -0.39 is 0 Å². The highest BCUT2D eigenvalue weighted by Gasteiger charge is 2.26. The number of anilines is 1. The quantitative estimate of drug-likeness (QED) is 0.804. The maximum Gasteiger partial charge on any atom is 0.161 e. The molecule has 2 aliphatic heterocycles. The van der Waals surface area contributed by atoms with E-state index in [1.807, 2.05) is 6.07 Å². The topological polar surface area (TPSA) is 47.3 Å². The second-order valence-electron chi connectivity index (χ2n) is 6.71. The third kappa shape index (κ3) is 3.56. The van der Waals surface area contributed by atoms with E-state index >= 15 is 0 Å². The largest absolute Gasteiger partial charge is 0.371 e. The maximum atomic E-state index is 12.0. The van der Waals surface area contributed by atoms with E-state index in [-0.39, 0.29) is 5.78 Å². The van der Waals surface area contributed by atoms with Gasteiger partial charge in [-0.15, -0.1) is 0 Å². The van der Waals surface area contributed by atoms with E-state index in [2.05, 4.69) is 15.9 Å². The van der Waals surface area contributed by atoms with Crippen LogP contribution in [0.2, 0.25) is 0 Å². The van der Waals surface area contributed by atoms with Gasteiger partial charge in [-0.2, -0.15) is 5.26 Å². The summed E-state index contributed by atoms with van der Waals surface area (Å²) >= 11 is 0. The van der Waals surface area contributed by atoms with Crippen LogP contribution < -0.4 is 4.90 Å². The lowest BCUT2D eigenvalue weighted by atomic mass is 10.0. The van der Waals surface area contributed by atoms with E-state index in [1.165, 1.54) is 32.4 Å². The number of carbonyl (C=O) groups excluding carboxylic acids is 1. The first-order valence-corrected chi connectivity index (χ1v) is 8.73. The second-order valence-corrected chi connectivity index (χ2v) is 6.71. The molecule has 0 spiro atoms. The van der Waals surface area contributed by atoms with Gasteiger partial charge in [0.25, 0.3) is 0 Å². The third-order valence-corrected chi connectivity index (χ3v) is 5.20. The first kappa shape index (κ1) is 16.0. The van der Waals surface area contributed by atoms with Crippen LogP contribution in [0.1, 0.15) is 54.9 Å². The van der Waals surface area contributed by atoms with Gasteiger partial charge in [0, 0.05) is 30.4 Å². The fourth-order valence-corrected chi connectivity index (χ4v) is 3.95. The molecule has 1 atom stereocenters. The molecule has 23 heavy (non-hydrogen) atoms. The van der Waals surface area contributed by atoms with Crippen molar-refractivity contribution in [3.8, 4) is 6.07 Å². The summed E-state index contributed by atoms with van der Waals surface area (Å²) in [6.45, 7) is 6.03. The van der Waals surface area contributed by atoms with Crippen molar-refractivity contribution in [1.29, 1.82) is 5.26 Å². The first-order valence-electron chi connectivity index (χ1n) is 8.73. The summed E-state index contributed by atoms with van der Waals surface area (Å²) < 4.78 is 0. The number of hydrogen-bond donors (Lipinski definition) is 0. The lowest BCUT2D eigenvalue weighted by molar-refractivity contribution is 0.101. The zero-order valence-electron chi connectivity index (χ0n) is 13.9. The molecule has 3 rings (SSSR count). The standard InChI is InChI=1S/C19H25N3O/c1-15(23)18-7-6-16(14-20)13-19(18)22-11-4-5-17(8-12-22)21-9-2-3-10-21/h6-7,13,17H,2-5,8-12H2,1H3. The summed E-state index contributed by atoms with van der Waals surface area (Å²) in [4.78, 5) is 16.9. The number of benzene rings is 1. The van der Waals surface area contributed by atoms with Crippen molar-refractivity contribution < 1.29 is 4.79 Å². The van der Waals surface area contributed by atoms with Crippen molar-refractivity contribution in [3.63, 3.8) is 0 Å². The number of carbonyl (C=O) groups is 1. The molecule has 1 unspecified atom stereocenters. The Hall–Kier alpha value is -1.86.